The van der Waals surface area contributed by atoms with E-state index in [1.165, 1.54) is 0 Å². The first kappa shape index (κ1) is 14.1. The highest BCUT2D eigenvalue weighted by atomic mass is 35.5. The van der Waals surface area contributed by atoms with Gasteiger partial charge in [0.1, 0.15) is 5.15 Å². The summed E-state index contributed by atoms with van der Waals surface area (Å²) in [4.78, 5) is 15.3. The van der Waals surface area contributed by atoms with Crippen molar-refractivity contribution in [3.8, 4) is 0 Å². The van der Waals surface area contributed by atoms with Crippen LogP contribution in [0.3, 0.4) is 0 Å². The number of hydrogen-bond acceptors (Lipinski definition) is 2. The number of hydrogen-bond donors (Lipinski definition) is 1. The fraction of sp³-hybridized carbons (Fsp3) is 0.286. The Morgan fingerprint density at radius 2 is 1.95 bits per heavy atom. The molecule has 5 heteroatoms. The molecule has 0 aliphatic heterocycles. The smallest absolute Gasteiger partial charge is 0.309 e. The van der Waals surface area contributed by atoms with E-state index >= 15 is 0 Å². The van der Waals surface area contributed by atoms with Gasteiger partial charge in [0.25, 0.3) is 0 Å². The Kier molecular flexibility index (Phi) is 3.70. The van der Waals surface area contributed by atoms with E-state index in [4.69, 9.17) is 23.2 Å². The lowest BCUT2D eigenvalue weighted by molar-refractivity contribution is -0.146. The molecule has 0 atom stereocenters. The molecule has 1 aromatic carbocycles. The summed E-state index contributed by atoms with van der Waals surface area (Å²) in [6.45, 7) is 3.35. The molecule has 1 N–H and O–H groups in total. The monoisotopic (exact) mass is 297 g/mol. The summed E-state index contributed by atoms with van der Waals surface area (Å²) in [6, 6.07) is 7.07. The van der Waals surface area contributed by atoms with Crippen LogP contribution in [0.15, 0.2) is 24.3 Å². The molecule has 19 heavy (non-hydrogen) atoms. The molecule has 2 aromatic rings. The zero-order valence-corrected chi connectivity index (χ0v) is 12.1. The van der Waals surface area contributed by atoms with Crippen molar-refractivity contribution in [2.45, 2.75) is 20.3 Å². The molecule has 0 saturated heterocycles. The first-order valence-electron chi connectivity index (χ1n) is 5.78. The summed E-state index contributed by atoms with van der Waals surface area (Å²) in [5, 5.41) is 10.9. The van der Waals surface area contributed by atoms with Gasteiger partial charge < -0.3 is 5.11 Å². The number of pyridine rings is 1. The predicted octanol–water partition coefficient (Wildman–Crippen LogP) is 4.19. The van der Waals surface area contributed by atoms with Crippen molar-refractivity contribution >= 4 is 40.1 Å². The van der Waals surface area contributed by atoms with Crippen molar-refractivity contribution in [2.24, 2.45) is 5.41 Å². The van der Waals surface area contributed by atoms with Crippen LogP contribution in [0.5, 0.6) is 0 Å². The minimum absolute atomic E-state index is 0.361. The summed E-state index contributed by atoms with van der Waals surface area (Å²) in [6.07, 6.45) is 0.361. The molecule has 0 saturated carbocycles. The number of halogens is 2. The highest BCUT2D eigenvalue weighted by molar-refractivity contribution is 6.36. The largest absolute Gasteiger partial charge is 0.481 e. The molecule has 0 aliphatic rings. The van der Waals surface area contributed by atoms with Crippen LogP contribution >= 0.6 is 23.2 Å². The summed E-state index contributed by atoms with van der Waals surface area (Å²) in [5.74, 6) is -0.849. The molecule has 3 nitrogen and oxygen atoms in total. The van der Waals surface area contributed by atoms with E-state index in [0.717, 1.165) is 10.9 Å². The summed E-state index contributed by atoms with van der Waals surface area (Å²) in [5.41, 5.74) is 0.636. The van der Waals surface area contributed by atoms with Gasteiger partial charge in [-0.1, -0.05) is 29.3 Å². The van der Waals surface area contributed by atoms with Crippen LogP contribution < -0.4 is 0 Å². The quantitative estimate of drug-likeness (QED) is 0.864. The van der Waals surface area contributed by atoms with Gasteiger partial charge in [-0.3, -0.25) is 4.79 Å². The number of carboxylic acid groups (broad SMARTS) is 1. The third kappa shape index (κ3) is 2.82. The van der Waals surface area contributed by atoms with E-state index in [1.807, 2.05) is 0 Å². The molecule has 100 valence electrons. The van der Waals surface area contributed by atoms with Gasteiger partial charge >= 0.3 is 5.97 Å². The van der Waals surface area contributed by atoms with Crippen LogP contribution in [-0.4, -0.2) is 16.1 Å². The molecule has 0 amide bonds. The maximum Gasteiger partial charge on any atom is 0.309 e. The van der Waals surface area contributed by atoms with Crippen LogP contribution in [-0.2, 0) is 11.2 Å². The standard InChI is InChI=1S/C14H13Cl2NO2/c1-14(2,13(18)19)7-8-3-5-10-9(12(8)16)4-6-11(15)17-10/h3-6H,7H2,1-2H3,(H,18,19). The molecule has 0 fully saturated rings. The lowest BCUT2D eigenvalue weighted by Gasteiger charge is -2.20. The van der Waals surface area contributed by atoms with Gasteiger partial charge in [-0.05, 0) is 44.0 Å². The second kappa shape index (κ2) is 4.99. The summed E-state index contributed by atoms with van der Waals surface area (Å²) < 4.78 is 0. The number of carbonyl (C=O) groups is 1. The maximum atomic E-state index is 11.2. The molecule has 0 radical (unpaired) electrons. The van der Waals surface area contributed by atoms with Gasteiger partial charge in [-0.2, -0.15) is 0 Å². The van der Waals surface area contributed by atoms with Gasteiger partial charge in [-0.15, -0.1) is 0 Å². The number of aromatic nitrogens is 1. The van der Waals surface area contributed by atoms with E-state index in [0.29, 0.717) is 22.1 Å². The van der Waals surface area contributed by atoms with Gasteiger partial charge in [0.05, 0.1) is 16.0 Å². The van der Waals surface area contributed by atoms with Crippen molar-refractivity contribution < 1.29 is 9.90 Å². The lowest BCUT2D eigenvalue weighted by Crippen LogP contribution is -2.26. The molecular weight excluding hydrogens is 285 g/mol. The van der Waals surface area contributed by atoms with E-state index < -0.39 is 11.4 Å². The SMILES string of the molecule is CC(C)(Cc1ccc2nc(Cl)ccc2c1Cl)C(=O)O. The Labute approximate surface area is 121 Å². The highest BCUT2D eigenvalue weighted by Crippen LogP contribution is 2.32. The molecule has 0 aliphatic carbocycles. The molecule has 0 unspecified atom stereocenters. The predicted molar refractivity (Wildman–Crippen MR) is 76.9 cm³/mol. The Morgan fingerprint density at radius 3 is 2.58 bits per heavy atom. The van der Waals surface area contributed by atoms with Gasteiger partial charge in [0, 0.05) is 5.39 Å². The molecule has 0 spiro atoms. The molecule has 2 rings (SSSR count). The number of fused-ring (bicyclic) bond motifs is 1. The third-order valence-electron chi connectivity index (χ3n) is 3.06. The number of benzene rings is 1. The zero-order chi connectivity index (χ0) is 14.2. The van der Waals surface area contributed by atoms with Crippen LogP contribution in [0.4, 0.5) is 0 Å². The summed E-state index contributed by atoms with van der Waals surface area (Å²) in [7, 11) is 0. The van der Waals surface area contributed by atoms with Crippen LogP contribution in [0.2, 0.25) is 10.2 Å². The first-order chi connectivity index (χ1) is 8.81. The van der Waals surface area contributed by atoms with Gasteiger partial charge in [0.15, 0.2) is 0 Å². The van der Waals surface area contributed by atoms with Crippen molar-refractivity contribution in [1.82, 2.24) is 4.98 Å². The van der Waals surface area contributed by atoms with Crippen molar-refractivity contribution in [3.05, 3.63) is 40.0 Å². The van der Waals surface area contributed by atoms with Crippen LogP contribution in [0.25, 0.3) is 10.9 Å². The second-order valence-electron chi connectivity index (χ2n) is 5.11. The highest BCUT2D eigenvalue weighted by Gasteiger charge is 2.28. The van der Waals surface area contributed by atoms with E-state index in [2.05, 4.69) is 4.98 Å². The Hall–Kier alpha value is -1.32. The Balaban J connectivity index is 2.49. The number of carboxylic acids is 1. The lowest BCUT2D eigenvalue weighted by atomic mass is 9.85. The number of nitrogens with zero attached hydrogens (tertiary/aromatic N) is 1. The zero-order valence-electron chi connectivity index (χ0n) is 10.6. The minimum Gasteiger partial charge on any atom is -0.481 e. The van der Waals surface area contributed by atoms with E-state index in [-0.39, 0.29) is 0 Å². The number of aliphatic carboxylic acids is 1. The van der Waals surface area contributed by atoms with E-state index in [9.17, 15) is 9.90 Å². The fourth-order valence-corrected chi connectivity index (χ4v) is 2.32. The normalized spacial score (nSPS) is 11.8. The Bertz CT molecular complexity index is 653. The molecular formula is C14H13Cl2NO2. The van der Waals surface area contributed by atoms with Crippen LogP contribution in [0, 0.1) is 5.41 Å². The average Bonchev–Trinajstić information content (AvgIpc) is 2.32. The first-order valence-corrected chi connectivity index (χ1v) is 6.54. The molecule has 0 bridgehead atoms. The molecule has 1 heterocycles. The van der Waals surface area contributed by atoms with Crippen LogP contribution in [0.1, 0.15) is 19.4 Å². The second-order valence-corrected chi connectivity index (χ2v) is 5.87. The number of rotatable bonds is 3. The maximum absolute atomic E-state index is 11.2. The summed E-state index contributed by atoms with van der Waals surface area (Å²) >= 11 is 12.2. The van der Waals surface area contributed by atoms with Crippen molar-refractivity contribution in [3.63, 3.8) is 0 Å². The average molecular weight is 298 g/mol. The molecule has 1 aromatic heterocycles. The van der Waals surface area contributed by atoms with E-state index in [1.54, 1.807) is 38.1 Å². The topological polar surface area (TPSA) is 50.2 Å². The van der Waals surface area contributed by atoms with Crippen molar-refractivity contribution in [2.75, 3.05) is 0 Å². The fourth-order valence-electron chi connectivity index (χ4n) is 1.88. The minimum atomic E-state index is -0.864. The van der Waals surface area contributed by atoms with Gasteiger partial charge in [0.2, 0.25) is 0 Å². The third-order valence-corrected chi connectivity index (χ3v) is 3.72. The van der Waals surface area contributed by atoms with Gasteiger partial charge in [-0.25, -0.2) is 4.98 Å². The Morgan fingerprint density at radius 1 is 1.26 bits per heavy atom. The van der Waals surface area contributed by atoms with Crippen molar-refractivity contribution in [1.29, 1.82) is 0 Å².